The molecule has 1 aliphatic heterocycles. The van der Waals surface area contributed by atoms with E-state index in [2.05, 4.69) is 4.99 Å². The van der Waals surface area contributed by atoms with Crippen molar-refractivity contribution in [1.29, 1.82) is 0 Å². The quantitative estimate of drug-likeness (QED) is 0.447. The zero-order valence-electron chi connectivity index (χ0n) is 13.3. The van der Waals surface area contributed by atoms with Gasteiger partial charge in [-0.15, -0.1) is 23.2 Å². The van der Waals surface area contributed by atoms with Gasteiger partial charge in [-0.3, -0.25) is 4.99 Å². The molecule has 2 unspecified atom stereocenters. The van der Waals surface area contributed by atoms with E-state index in [1.807, 2.05) is 0 Å². The second kappa shape index (κ2) is 9.31. The molecule has 0 aliphatic carbocycles. The molecule has 1 heterocycles. The van der Waals surface area contributed by atoms with Crippen molar-refractivity contribution in [3.05, 3.63) is 34.9 Å². The predicted molar refractivity (Wildman–Crippen MR) is 94.8 cm³/mol. The third kappa shape index (κ3) is 5.91. The molecule has 0 amide bonds. The van der Waals surface area contributed by atoms with Crippen molar-refractivity contribution in [2.75, 3.05) is 25.8 Å². The molecule has 0 aromatic heterocycles. The Morgan fingerprint density at radius 2 is 1.88 bits per heavy atom. The van der Waals surface area contributed by atoms with E-state index in [4.69, 9.17) is 39.5 Å². The van der Waals surface area contributed by atoms with Crippen LogP contribution in [0.25, 0.3) is 0 Å². The molecule has 0 spiro atoms. The summed E-state index contributed by atoms with van der Waals surface area (Å²) in [5.41, 5.74) is 0.592. The number of halogens is 6. The van der Waals surface area contributed by atoms with Crippen LogP contribution in [0.4, 0.5) is 13.2 Å². The minimum absolute atomic E-state index is 0.0112. The molecule has 1 aromatic rings. The fraction of sp³-hybridized carbons (Fsp3) is 0.562. The Kier molecular flexibility index (Phi) is 7.68. The van der Waals surface area contributed by atoms with Crippen LogP contribution in [-0.4, -0.2) is 48.1 Å². The summed E-state index contributed by atoms with van der Waals surface area (Å²) in [6.45, 7) is 0.113. The average molecular weight is 418 g/mol. The number of ether oxygens (including phenoxy) is 1. The third-order valence-corrected chi connectivity index (χ3v) is 4.58. The zero-order chi connectivity index (χ0) is 18.4. The maximum absolute atomic E-state index is 13.4. The summed E-state index contributed by atoms with van der Waals surface area (Å²) in [5.74, 6) is -0.476. The van der Waals surface area contributed by atoms with Crippen LogP contribution in [0.1, 0.15) is 24.4 Å². The highest BCUT2D eigenvalue weighted by Gasteiger charge is 2.44. The number of hydrogen-bond donors (Lipinski definition) is 0. The van der Waals surface area contributed by atoms with Crippen molar-refractivity contribution in [3.63, 3.8) is 0 Å². The molecule has 9 heteroatoms. The lowest BCUT2D eigenvalue weighted by Crippen LogP contribution is -2.49. The predicted octanol–water partition coefficient (Wildman–Crippen LogP) is 5.26. The highest BCUT2D eigenvalue weighted by atomic mass is 35.5. The van der Waals surface area contributed by atoms with Crippen LogP contribution in [0, 0.1) is 0 Å². The standard InChI is InChI=1S/C16H18Cl3F3N2O/c17-7-1-2-8-25-10-24-9-13(19)14(23-15(24)16(20,21)22)11-3-5-12(18)6-4-11/h3-6,13-14H,1-2,7-10H2. The fourth-order valence-electron chi connectivity index (χ4n) is 2.47. The molecule has 0 saturated carbocycles. The van der Waals surface area contributed by atoms with Gasteiger partial charge in [0.1, 0.15) is 6.73 Å². The number of unbranched alkanes of at least 4 members (excludes halogenated alkanes) is 1. The van der Waals surface area contributed by atoms with E-state index in [-0.39, 0.29) is 13.3 Å². The van der Waals surface area contributed by atoms with E-state index < -0.39 is 23.4 Å². The summed E-state index contributed by atoms with van der Waals surface area (Å²) in [6.07, 6.45) is -3.15. The van der Waals surface area contributed by atoms with E-state index >= 15 is 0 Å². The van der Waals surface area contributed by atoms with E-state index in [1.165, 1.54) is 0 Å². The summed E-state index contributed by atoms with van der Waals surface area (Å²) in [6, 6.07) is 5.70. The first-order valence-corrected chi connectivity index (χ1v) is 9.11. The van der Waals surface area contributed by atoms with Gasteiger partial charge < -0.3 is 9.64 Å². The highest BCUT2D eigenvalue weighted by molar-refractivity contribution is 6.30. The monoisotopic (exact) mass is 416 g/mol. The first-order chi connectivity index (χ1) is 11.8. The van der Waals surface area contributed by atoms with Gasteiger partial charge in [0.25, 0.3) is 0 Å². The van der Waals surface area contributed by atoms with Gasteiger partial charge in [-0.1, -0.05) is 23.7 Å². The molecule has 140 valence electrons. The summed E-state index contributed by atoms with van der Waals surface area (Å²) in [7, 11) is 0. The number of nitrogens with zero attached hydrogens (tertiary/aromatic N) is 2. The molecule has 0 bridgehead atoms. The lowest BCUT2D eigenvalue weighted by Gasteiger charge is -2.36. The number of rotatable bonds is 7. The van der Waals surface area contributed by atoms with Crippen molar-refractivity contribution in [1.82, 2.24) is 4.90 Å². The summed E-state index contributed by atoms with van der Waals surface area (Å²) >= 11 is 17.7. The van der Waals surface area contributed by atoms with Gasteiger partial charge in [0.2, 0.25) is 5.84 Å². The largest absolute Gasteiger partial charge is 0.449 e. The number of benzene rings is 1. The average Bonchev–Trinajstić information content (AvgIpc) is 2.54. The van der Waals surface area contributed by atoms with Crippen LogP contribution in [0.5, 0.6) is 0 Å². The lowest BCUT2D eigenvalue weighted by molar-refractivity contribution is -0.0775. The van der Waals surface area contributed by atoms with Crippen LogP contribution in [-0.2, 0) is 4.74 Å². The smallest absolute Gasteiger partial charge is 0.361 e. The van der Waals surface area contributed by atoms with Crippen molar-refractivity contribution >= 4 is 40.6 Å². The normalized spacial score (nSPS) is 21.4. The van der Waals surface area contributed by atoms with Gasteiger partial charge in [0, 0.05) is 24.1 Å². The SMILES string of the molecule is FC(F)(F)C1=NC(c2ccc(Cl)cc2)C(Cl)CN1COCCCCCl. The molecule has 25 heavy (non-hydrogen) atoms. The van der Waals surface area contributed by atoms with Crippen LogP contribution in [0.2, 0.25) is 5.02 Å². The van der Waals surface area contributed by atoms with Crippen molar-refractivity contribution in [3.8, 4) is 0 Å². The number of alkyl halides is 5. The van der Waals surface area contributed by atoms with E-state index in [0.717, 1.165) is 11.3 Å². The minimum Gasteiger partial charge on any atom is -0.361 e. The van der Waals surface area contributed by atoms with Gasteiger partial charge in [-0.2, -0.15) is 13.2 Å². The molecule has 0 N–H and O–H groups in total. The Bertz CT molecular complexity index is 581. The van der Waals surface area contributed by atoms with E-state index in [0.29, 0.717) is 29.5 Å². The summed E-state index contributed by atoms with van der Waals surface area (Å²) in [5, 5.41) is -0.114. The number of aliphatic imine (C=N–C) groups is 1. The molecule has 3 nitrogen and oxygen atoms in total. The summed E-state index contributed by atoms with van der Waals surface area (Å²) in [4.78, 5) is 4.90. The maximum Gasteiger partial charge on any atom is 0.449 e. The fourth-order valence-corrected chi connectivity index (χ4v) is 3.16. The zero-order valence-corrected chi connectivity index (χ0v) is 15.5. The second-order valence-corrected chi connectivity index (χ2v) is 6.99. The first kappa shape index (κ1) is 20.6. The molecule has 0 fully saturated rings. The van der Waals surface area contributed by atoms with Gasteiger partial charge in [-0.05, 0) is 30.5 Å². The molecule has 0 radical (unpaired) electrons. The van der Waals surface area contributed by atoms with E-state index in [9.17, 15) is 13.2 Å². The van der Waals surface area contributed by atoms with Crippen molar-refractivity contribution < 1.29 is 17.9 Å². The van der Waals surface area contributed by atoms with E-state index in [1.54, 1.807) is 24.3 Å². The highest BCUT2D eigenvalue weighted by Crippen LogP contribution is 2.34. The molecule has 1 aromatic carbocycles. The molecular formula is C16H18Cl3F3N2O. The lowest BCUT2D eigenvalue weighted by atomic mass is 10.0. The molecule has 2 rings (SSSR count). The van der Waals surface area contributed by atoms with Crippen molar-refractivity contribution in [2.24, 2.45) is 4.99 Å². The molecule has 0 saturated heterocycles. The van der Waals surface area contributed by atoms with Crippen LogP contribution in [0.3, 0.4) is 0 Å². The maximum atomic E-state index is 13.4. The number of hydrogen-bond acceptors (Lipinski definition) is 3. The third-order valence-electron chi connectivity index (χ3n) is 3.68. The van der Waals surface area contributed by atoms with Gasteiger partial charge in [-0.25, -0.2) is 0 Å². The van der Waals surface area contributed by atoms with Crippen LogP contribution >= 0.6 is 34.8 Å². The van der Waals surface area contributed by atoms with Gasteiger partial charge in [0.15, 0.2) is 0 Å². The number of amidine groups is 1. The Labute approximate surface area is 159 Å². The van der Waals surface area contributed by atoms with Crippen LogP contribution in [0.15, 0.2) is 29.3 Å². The summed E-state index contributed by atoms with van der Waals surface area (Å²) < 4.78 is 45.5. The Hall–Kier alpha value is -0.690. The van der Waals surface area contributed by atoms with Crippen molar-refractivity contribution in [2.45, 2.75) is 30.4 Å². The Morgan fingerprint density at radius 1 is 1.20 bits per heavy atom. The van der Waals surface area contributed by atoms with Gasteiger partial charge in [0.05, 0.1) is 11.4 Å². The Balaban J connectivity index is 2.14. The molecular weight excluding hydrogens is 400 g/mol. The van der Waals surface area contributed by atoms with Crippen LogP contribution < -0.4 is 0 Å². The topological polar surface area (TPSA) is 24.8 Å². The molecule has 1 aliphatic rings. The Morgan fingerprint density at radius 3 is 2.48 bits per heavy atom. The molecule has 2 atom stereocenters. The first-order valence-electron chi connectivity index (χ1n) is 7.76. The second-order valence-electron chi connectivity index (χ2n) is 5.62. The van der Waals surface area contributed by atoms with Gasteiger partial charge >= 0.3 is 6.18 Å². The minimum atomic E-state index is -4.58.